The molecule has 0 aromatic heterocycles. The smallest absolute Gasteiger partial charge is 0.0882 e. The molecule has 0 aliphatic carbocycles. The van der Waals surface area contributed by atoms with Gasteiger partial charge in [0, 0.05) is 6.42 Å². The minimum absolute atomic E-state index is 0.0915. The molecule has 1 atom stereocenters. The molecule has 1 heterocycles. The van der Waals surface area contributed by atoms with Gasteiger partial charge in [-0.15, -0.1) is 0 Å². The van der Waals surface area contributed by atoms with E-state index < -0.39 is 8.07 Å². The van der Waals surface area contributed by atoms with Crippen LogP contribution >= 0.6 is 0 Å². The highest BCUT2D eigenvalue weighted by Gasteiger charge is 2.50. The predicted molar refractivity (Wildman–Crippen MR) is 62.0 cm³/mol. The Labute approximate surface area is 87.1 Å². The fourth-order valence-electron chi connectivity index (χ4n) is 2.27. The molecule has 2 heteroatoms. The van der Waals surface area contributed by atoms with Gasteiger partial charge in [-0.1, -0.05) is 50.0 Å². The lowest BCUT2D eigenvalue weighted by Gasteiger charge is -2.50. The molecule has 1 aromatic carbocycles. The molecule has 0 N–H and O–H groups in total. The van der Waals surface area contributed by atoms with Gasteiger partial charge in [-0.2, -0.15) is 0 Å². The first kappa shape index (κ1) is 9.93. The largest absolute Gasteiger partial charge is 0.374 e. The molecule has 1 fully saturated rings. The van der Waals surface area contributed by atoms with E-state index in [1.54, 1.807) is 0 Å². The van der Waals surface area contributed by atoms with Gasteiger partial charge in [-0.25, -0.2) is 0 Å². The van der Waals surface area contributed by atoms with Crippen molar-refractivity contribution < 1.29 is 4.74 Å². The van der Waals surface area contributed by atoms with Crippen LogP contribution in [0.1, 0.15) is 12.0 Å². The normalized spacial score (nSPS) is 27.1. The highest BCUT2D eigenvalue weighted by molar-refractivity contribution is 6.78. The van der Waals surface area contributed by atoms with Gasteiger partial charge in [0.15, 0.2) is 0 Å². The molecule has 1 aromatic rings. The summed E-state index contributed by atoms with van der Waals surface area (Å²) in [7, 11) is -1.29. The summed E-state index contributed by atoms with van der Waals surface area (Å²) in [6.45, 7) is 8.09. The molecular formula is C12H18OSi. The molecule has 1 saturated heterocycles. The second-order valence-electron chi connectivity index (χ2n) is 5.04. The second kappa shape index (κ2) is 3.21. The zero-order chi connectivity index (χ0) is 10.2. The van der Waals surface area contributed by atoms with Crippen LogP contribution in [0.3, 0.4) is 0 Å². The average molecular weight is 206 g/mol. The topological polar surface area (TPSA) is 9.23 Å². The zero-order valence-electron chi connectivity index (χ0n) is 9.21. The fraction of sp³-hybridized carbons (Fsp3) is 0.500. The lowest BCUT2D eigenvalue weighted by molar-refractivity contribution is -0.0994. The van der Waals surface area contributed by atoms with E-state index in [9.17, 15) is 0 Å². The van der Waals surface area contributed by atoms with E-state index in [2.05, 4.69) is 50.0 Å². The molecule has 1 aliphatic heterocycles. The number of ether oxygens (including phenoxy) is 1. The average Bonchev–Trinajstić information content (AvgIpc) is 2.01. The molecule has 14 heavy (non-hydrogen) atoms. The Bertz CT molecular complexity index is 309. The van der Waals surface area contributed by atoms with Crippen molar-refractivity contribution >= 4 is 8.07 Å². The number of hydrogen-bond donors (Lipinski definition) is 0. The van der Waals surface area contributed by atoms with Crippen LogP contribution in [0, 0.1) is 0 Å². The van der Waals surface area contributed by atoms with E-state index >= 15 is 0 Å². The van der Waals surface area contributed by atoms with Gasteiger partial charge in [-0.3, -0.25) is 0 Å². The van der Waals surface area contributed by atoms with E-state index in [0.29, 0.717) is 0 Å². The molecule has 1 nitrogen and oxygen atoms in total. The van der Waals surface area contributed by atoms with E-state index in [4.69, 9.17) is 4.74 Å². The summed E-state index contributed by atoms with van der Waals surface area (Å²) < 4.78 is 5.93. The number of rotatable bonds is 2. The predicted octanol–water partition coefficient (Wildman–Crippen LogP) is 3.18. The Morgan fingerprint density at radius 3 is 2.07 bits per heavy atom. The van der Waals surface area contributed by atoms with Crippen LogP contribution in [-0.2, 0) is 9.96 Å². The quantitative estimate of drug-likeness (QED) is 0.675. The highest BCUT2D eigenvalue weighted by Crippen LogP contribution is 2.44. The van der Waals surface area contributed by atoms with E-state index in [-0.39, 0.29) is 5.22 Å². The van der Waals surface area contributed by atoms with Crippen molar-refractivity contribution in [3.05, 3.63) is 35.9 Å². The Hall–Kier alpha value is -0.603. The molecule has 0 radical (unpaired) electrons. The summed E-state index contributed by atoms with van der Waals surface area (Å²) in [5.41, 5.74) is 1.38. The van der Waals surface area contributed by atoms with Crippen LogP contribution in [-0.4, -0.2) is 14.7 Å². The first-order valence-corrected chi connectivity index (χ1v) is 8.76. The standard InChI is InChI=1S/C12H18OSi/c1-14(2,3)12(9-10-13-12)11-7-5-4-6-8-11/h4-8H,9-10H2,1-3H3. The van der Waals surface area contributed by atoms with E-state index in [1.807, 2.05) is 0 Å². The van der Waals surface area contributed by atoms with Crippen molar-refractivity contribution in [1.29, 1.82) is 0 Å². The molecule has 1 unspecified atom stereocenters. The van der Waals surface area contributed by atoms with Crippen LogP contribution in [0.5, 0.6) is 0 Å². The molecule has 0 amide bonds. The van der Waals surface area contributed by atoms with Gasteiger partial charge in [-0.05, 0) is 5.56 Å². The molecular weight excluding hydrogens is 188 g/mol. The highest BCUT2D eigenvalue weighted by atomic mass is 28.3. The molecule has 76 valence electrons. The van der Waals surface area contributed by atoms with Crippen molar-refractivity contribution in [2.24, 2.45) is 0 Å². The first-order chi connectivity index (χ1) is 6.56. The SMILES string of the molecule is C[Si](C)(C)C1(c2ccccc2)CCO1. The van der Waals surface area contributed by atoms with Crippen LogP contribution in [0.15, 0.2) is 30.3 Å². The number of benzene rings is 1. The lowest BCUT2D eigenvalue weighted by Crippen LogP contribution is -2.58. The summed E-state index contributed by atoms with van der Waals surface area (Å²) in [5, 5.41) is 0.0915. The van der Waals surface area contributed by atoms with Gasteiger partial charge in [0.1, 0.15) is 0 Å². The Morgan fingerprint density at radius 1 is 1.14 bits per heavy atom. The summed E-state index contributed by atoms with van der Waals surface area (Å²) in [4.78, 5) is 0. The molecule has 1 aliphatic rings. The van der Waals surface area contributed by atoms with Gasteiger partial charge >= 0.3 is 0 Å². The summed E-state index contributed by atoms with van der Waals surface area (Å²) in [6, 6.07) is 10.7. The molecule has 0 saturated carbocycles. The van der Waals surface area contributed by atoms with Crippen molar-refractivity contribution in [2.45, 2.75) is 31.3 Å². The maximum atomic E-state index is 5.93. The van der Waals surface area contributed by atoms with Crippen molar-refractivity contribution in [1.82, 2.24) is 0 Å². The van der Waals surface area contributed by atoms with Crippen LogP contribution < -0.4 is 0 Å². The van der Waals surface area contributed by atoms with Gasteiger partial charge in [0.25, 0.3) is 0 Å². The minimum atomic E-state index is -1.29. The third-order valence-electron chi connectivity index (χ3n) is 3.25. The van der Waals surface area contributed by atoms with Crippen molar-refractivity contribution in [2.75, 3.05) is 6.61 Å². The van der Waals surface area contributed by atoms with Crippen LogP contribution in [0.25, 0.3) is 0 Å². The van der Waals surface area contributed by atoms with Crippen molar-refractivity contribution in [3.63, 3.8) is 0 Å². The Kier molecular flexibility index (Phi) is 2.28. The second-order valence-corrected chi connectivity index (χ2v) is 10.3. The van der Waals surface area contributed by atoms with E-state index in [0.717, 1.165) is 6.61 Å². The zero-order valence-corrected chi connectivity index (χ0v) is 10.2. The monoisotopic (exact) mass is 206 g/mol. The van der Waals surface area contributed by atoms with Gasteiger partial charge in [0.2, 0.25) is 0 Å². The minimum Gasteiger partial charge on any atom is -0.374 e. The van der Waals surface area contributed by atoms with Crippen LogP contribution in [0.4, 0.5) is 0 Å². The first-order valence-electron chi connectivity index (χ1n) is 5.26. The van der Waals surface area contributed by atoms with Gasteiger partial charge in [0.05, 0.1) is 19.9 Å². The maximum Gasteiger partial charge on any atom is 0.0882 e. The fourth-order valence-corrected chi connectivity index (χ4v) is 4.69. The third-order valence-corrected chi connectivity index (χ3v) is 6.36. The summed E-state index contributed by atoms with van der Waals surface area (Å²) in [6.07, 6.45) is 1.20. The molecule has 2 rings (SSSR count). The van der Waals surface area contributed by atoms with E-state index in [1.165, 1.54) is 12.0 Å². The maximum absolute atomic E-state index is 5.93. The van der Waals surface area contributed by atoms with Crippen LogP contribution in [0.2, 0.25) is 19.6 Å². The molecule has 0 spiro atoms. The molecule has 0 bridgehead atoms. The Morgan fingerprint density at radius 2 is 1.71 bits per heavy atom. The summed E-state index contributed by atoms with van der Waals surface area (Å²) in [5.74, 6) is 0. The lowest BCUT2D eigenvalue weighted by atomic mass is 10.0. The number of hydrogen-bond acceptors (Lipinski definition) is 1. The van der Waals surface area contributed by atoms with Gasteiger partial charge < -0.3 is 4.74 Å². The third kappa shape index (κ3) is 1.33. The van der Waals surface area contributed by atoms with Crippen molar-refractivity contribution in [3.8, 4) is 0 Å². The Balaban J connectivity index is 2.39. The summed E-state index contributed by atoms with van der Waals surface area (Å²) >= 11 is 0.